The predicted octanol–water partition coefficient (Wildman–Crippen LogP) is 3.87. The Labute approximate surface area is 203 Å². The lowest BCUT2D eigenvalue weighted by atomic mass is 10.2. The van der Waals surface area contributed by atoms with Gasteiger partial charge in [-0.3, -0.25) is 4.79 Å². The van der Waals surface area contributed by atoms with E-state index in [1.165, 1.54) is 28.4 Å². The van der Waals surface area contributed by atoms with Crippen molar-refractivity contribution in [3.05, 3.63) is 36.4 Å². The topological polar surface area (TPSA) is 105 Å². The van der Waals surface area contributed by atoms with Crippen LogP contribution in [0.5, 0.6) is 34.5 Å². The molecule has 0 aliphatic carbocycles. The number of halogens is 1. The second-order valence-corrected chi connectivity index (χ2v) is 8.07. The molecule has 1 atom stereocenters. The minimum Gasteiger partial charge on any atom is -0.493 e. The van der Waals surface area contributed by atoms with Crippen molar-refractivity contribution in [1.82, 2.24) is 5.32 Å². The molecule has 12 heteroatoms. The maximum atomic E-state index is 11.9. The van der Waals surface area contributed by atoms with Crippen LogP contribution in [0.25, 0.3) is 0 Å². The van der Waals surface area contributed by atoms with Gasteiger partial charge in [-0.2, -0.15) is 0 Å². The minimum atomic E-state index is -1.91. The van der Waals surface area contributed by atoms with Gasteiger partial charge in [0.1, 0.15) is 6.04 Å². The first-order chi connectivity index (χ1) is 15.9. The van der Waals surface area contributed by atoms with Gasteiger partial charge in [-0.25, -0.2) is 5.32 Å². The summed E-state index contributed by atoms with van der Waals surface area (Å²) in [5.74, 6) is 0.484. The third-order valence-corrected chi connectivity index (χ3v) is 5.91. The fourth-order valence-electron chi connectivity index (χ4n) is 2.84. The van der Waals surface area contributed by atoms with Gasteiger partial charge in [-0.15, -0.1) is 11.6 Å². The van der Waals surface area contributed by atoms with Gasteiger partial charge in [0.15, 0.2) is 23.0 Å². The van der Waals surface area contributed by atoms with Crippen molar-refractivity contribution in [2.45, 2.75) is 18.1 Å². The summed E-state index contributed by atoms with van der Waals surface area (Å²) in [7, 11) is 5.89. The lowest BCUT2D eigenvalue weighted by Gasteiger charge is -2.34. The van der Waals surface area contributed by atoms with E-state index in [1.807, 2.05) is 0 Å². The Bertz CT molecular complexity index is 862. The van der Waals surface area contributed by atoms with E-state index in [0.717, 1.165) is 0 Å². The van der Waals surface area contributed by atoms with Gasteiger partial charge in [-0.05, 0) is 42.5 Å². The Morgan fingerprint density at radius 2 is 1.36 bits per heavy atom. The van der Waals surface area contributed by atoms with Crippen LogP contribution in [0.15, 0.2) is 36.4 Å². The summed E-state index contributed by atoms with van der Waals surface area (Å²) in [4.78, 5) is 11.9. The minimum absolute atomic E-state index is 0.0525. The van der Waals surface area contributed by atoms with Crippen molar-refractivity contribution in [2.24, 2.45) is 0 Å². The molecule has 0 spiro atoms. The molecular formula is C21H25ClNO8PS. The zero-order valence-electron chi connectivity index (χ0n) is 18.5. The fraction of sp³-hybridized carbons (Fsp3) is 0.381. The number of methoxy groups -OCH3 is 4. The molecule has 0 heterocycles. The van der Waals surface area contributed by atoms with Crippen molar-refractivity contribution in [2.75, 3.05) is 34.3 Å². The molecule has 2 aromatic rings. The van der Waals surface area contributed by atoms with Crippen LogP contribution >= 0.6 is 19.0 Å². The Kier molecular flexibility index (Phi) is 10.2. The molecule has 0 aliphatic heterocycles. The first kappa shape index (κ1) is 26.7. The normalized spacial score (nSPS) is 12.0. The highest BCUT2D eigenvalue weighted by Crippen LogP contribution is 2.45. The Morgan fingerprint density at radius 3 is 1.64 bits per heavy atom. The van der Waals surface area contributed by atoms with Crippen molar-refractivity contribution >= 4 is 36.7 Å². The second kappa shape index (κ2) is 12.6. The summed E-state index contributed by atoms with van der Waals surface area (Å²) in [6.45, 7) is 0. The molecule has 2 rings (SSSR count). The van der Waals surface area contributed by atoms with Crippen LogP contribution in [0.3, 0.4) is 0 Å². The SMILES string of the molecule is COc1cccc(OC)c1OC(NC(CCCl)C(=O)O)(Oc1c(OC)cccc1OC)P=S. The average molecular weight is 518 g/mol. The van der Waals surface area contributed by atoms with Gasteiger partial charge >= 0.3 is 11.6 Å². The van der Waals surface area contributed by atoms with Gasteiger partial charge in [0.2, 0.25) is 11.5 Å². The molecule has 9 nitrogen and oxygen atoms in total. The molecule has 1 unspecified atom stereocenters. The van der Waals surface area contributed by atoms with E-state index >= 15 is 0 Å². The number of benzene rings is 2. The van der Waals surface area contributed by atoms with E-state index in [0.29, 0.717) is 23.0 Å². The lowest BCUT2D eigenvalue weighted by molar-refractivity contribution is -0.144. The number of nitrogens with one attached hydrogen (secondary N) is 1. The number of aliphatic carboxylic acids is 1. The first-order valence-corrected chi connectivity index (χ1v) is 12.0. The zero-order chi connectivity index (χ0) is 24.4. The largest absolute Gasteiger partial charge is 0.493 e. The summed E-state index contributed by atoms with van der Waals surface area (Å²) >= 11 is 11.2. The quantitative estimate of drug-likeness (QED) is 0.218. The van der Waals surface area contributed by atoms with Gasteiger partial charge in [0.25, 0.3) is 0 Å². The summed E-state index contributed by atoms with van der Waals surface area (Å²) in [6.07, 6.45) is 0.0718. The molecule has 0 amide bonds. The van der Waals surface area contributed by atoms with Crippen LogP contribution in [-0.2, 0) is 16.6 Å². The monoisotopic (exact) mass is 517 g/mol. The van der Waals surface area contributed by atoms with E-state index < -0.39 is 17.7 Å². The predicted molar refractivity (Wildman–Crippen MR) is 127 cm³/mol. The molecule has 0 radical (unpaired) electrons. The highest BCUT2D eigenvalue weighted by molar-refractivity contribution is 7.97. The number of carbonyl (C=O) groups is 1. The third kappa shape index (κ3) is 6.51. The van der Waals surface area contributed by atoms with Crippen LogP contribution in [-0.4, -0.2) is 57.1 Å². The molecule has 0 bridgehead atoms. The number of carboxylic acids is 1. The third-order valence-electron chi connectivity index (χ3n) is 4.42. The molecule has 0 aliphatic rings. The molecule has 2 aromatic carbocycles. The Balaban J connectivity index is 2.67. The summed E-state index contributed by atoms with van der Waals surface area (Å²) in [5, 5.41) is 12.6. The van der Waals surface area contributed by atoms with Crippen LogP contribution in [0.4, 0.5) is 0 Å². The van der Waals surface area contributed by atoms with Gasteiger partial charge in [0, 0.05) is 5.88 Å². The number of carboxylic acid groups (broad SMARTS) is 1. The molecule has 0 fully saturated rings. The van der Waals surface area contributed by atoms with Gasteiger partial charge in [-0.1, -0.05) is 12.1 Å². The number of hydrogen-bond donors (Lipinski definition) is 2. The fourth-order valence-corrected chi connectivity index (χ4v) is 3.91. The van der Waals surface area contributed by atoms with Crippen LogP contribution in [0.1, 0.15) is 6.42 Å². The van der Waals surface area contributed by atoms with Crippen molar-refractivity contribution in [3.8, 4) is 34.5 Å². The number of hydrogen-bond acceptors (Lipinski definition) is 9. The molecular weight excluding hydrogens is 493 g/mol. The second-order valence-electron chi connectivity index (χ2n) is 6.37. The van der Waals surface area contributed by atoms with Crippen LogP contribution in [0, 0.1) is 0 Å². The van der Waals surface area contributed by atoms with E-state index in [-0.39, 0.29) is 31.2 Å². The average Bonchev–Trinajstić information content (AvgIpc) is 2.83. The Morgan fingerprint density at radius 1 is 0.970 bits per heavy atom. The lowest BCUT2D eigenvalue weighted by Crippen LogP contribution is -2.57. The highest BCUT2D eigenvalue weighted by Gasteiger charge is 2.41. The summed E-state index contributed by atoms with van der Waals surface area (Å²) in [5.41, 5.74) is -1.91. The van der Waals surface area contributed by atoms with Crippen molar-refractivity contribution < 1.29 is 38.3 Å². The van der Waals surface area contributed by atoms with Crippen LogP contribution < -0.4 is 33.7 Å². The van der Waals surface area contributed by atoms with Crippen molar-refractivity contribution in [1.29, 1.82) is 0 Å². The summed E-state index contributed by atoms with van der Waals surface area (Å²) < 4.78 is 34.0. The van der Waals surface area contributed by atoms with E-state index in [4.69, 9.17) is 51.8 Å². The van der Waals surface area contributed by atoms with E-state index in [2.05, 4.69) is 5.32 Å². The number of ether oxygens (including phenoxy) is 6. The van der Waals surface area contributed by atoms with Gasteiger partial charge in [0.05, 0.1) is 35.8 Å². The number of alkyl halides is 1. The smallest absolute Gasteiger partial charge is 0.369 e. The Hall–Kier alpha value is -2.52. The molecule has 0 aromatic heterocycles. The van der Waals surface area contributed by atoms with E-state index in [1.54, 1.807) is 36.4 Å². The molecule has 2 N–H and O–H groups in total. The first-order valence-electron chi connectivity index (χ1n) is 9.59. The number of para-hydroxylation sites is 2. The molecule has 0 saturated heterocycles. The summed E-state index contributed by atoms with van der Waals surface area (Å²) in [6, 6.07) is 8.88. The zero-order valence-corrected chi connectivity index (χ0v) is 21.0. The van der Waals surface area contributed by atoms with E-state index in [9.17, 15) is 9.90 Å². The van der Waals surface area contributed by atoms with Gasteiger partial charge < -0.3 is 33.5 Å². The standard InChI is InChI=1S/C21H25ClNO8PS/c1-26-14-7-5-8-15(27-2)18(14)30-21(32-33,23-13(11-12-22)20(24)25)31-19-16(28-3)9-6-10-17(19)29-4/h5-10,13,23H,11-12H2,1-4H3,(H,24,25). The maximum Gasteiger partial charge on any atom is 0.369 e. The highest BCUT2D eigenvalue weighted by atomic mass is 35.5. The van der Waals surface area contributed by atoms with Crippen LogP contribution in [0.2, 0.25) is 0 Å². The number of rotatable bonds is 14. The maximum absolute atomic E-state index is 11.9. The molecule has 0 saturated carbocycles. The van der Waals surface area contributed by atoms with Crippen molar-refractivity contribution in [3.63, 3.8) is 0 Å². The molecule has 180 valence electrons. The molecule has 33 heavy (non-hydrogen) atoms.